The number of aliphatic hydroxyl groups is 1. The normalized spacial score (nSPS) is 13.7. The van der Waals surface area contributed by atoms with Crippen LogP contribution >= 0.6 is 0 Å². The molecule has 6 nitrogen and oxygen atoms in total. The molecule has 0 atom stereocenters. The van der Waals surface area contributed by atoms with Crippen molar-refractivity contribution < 1.29 is 9.84 Å². The highest BCUT2D eigenvalue weighted by molar-refractivity contribution is 6.23. The molecule has 1 aliphatic rings. The minimum atomic E-state index is -0.739. The largest absolute Gasteiger partial charge is 0.390 e. The third-order valence-electron chi connectivity index (χ3n) is 7.57. The van der Waals surface area contributed by atoms with Crippen molar-refractivity contribution in [2.75, 3.05) is 6.61 Å². The number of rotatable bonds is 8. The first-order valence-corrected chi connectivity index (χ1v) is 13.5. The Morgan fingerprint density at radius 3 is 2.31 bits per heavy atom. The van der Waals surface area contributed by atoms with E-state index in [1.165, 1.54) is 12.8 Å². The maximum absolute atomic E-state index is 10.3. The Labute approximate surface area is 227 Å². The molecule has 6 heteroatoms. The predicted molar refractivity (Wildman–Crippen MR) is 153 cm³/mol. The number of nitrogens with one attached hydrogen (secondary N) is 1. The van der Waals surface area contributed by atoms with Crippen LogP contribution in [0.1, 0.15) is 55.4 Å². The summed E-state index contributed by atoms with van der Waals surface area (Å²) >= 11 is 0. The van der Waals surface area contributed by atoms with Crippen LogP contribution in [0, 0.1) is 28.6 Å². The molecule has 1 aromatic heterocycles. The average molecular weight is 515 g/mol. The summed E-state index contributed by atoms with van der Waals surface area (Å²) in [4.78, 5) is 8.43. The number of H-pyrrole nitrogens is 1. The second-order valence-corrected chi connectivity index (χ2v) is 11.3. The van der Waals surface area contributed by atoms with Gasteiger partial charge in [-0.25, -0.2) is 4.98 Å². The van der Waals surface area contributed by atoms with Crippen LogP contribution in [0.15, 0.2) is 54.6 Å². The van der Waals surface area contributed by atoms with E-state index >= 15 is 0 Å². The van der Waals surface area contributed by atoms with Gasteiger partial charge in [0, 0.05) is 17.4 Å². The van der Waals surface area contributed by atoms with Crippen LogP contribution in [0.5, 0.6) is 0 Å². The Kier molecular flexibility index (Phi) is 6.31. The first-order chi connectivity index (χ1) is 18.8. The van der Waals surface area contributed by atoms with Crippen molar-refractivity contribution in [1.29, 1.82) is 10.5 Å². The third-order valence-corrected chi connectivity index (χ3v) is 7.57. The molecular formula is C33H30N4O2. The summed E-state index contributed by atoms with van der Waals surface area (Å²) in [5.74, 6) is 1.22. The van der Waals surface area contributed by atoms with Crippen LogP contribution in [0.25, 0.3) is 44.0 Å². The fourth-order valence-corrected chi connectivity index (χ4v) is 5.25. The van der Waals surface area contributed by atoms with E-state index in [4.69, 9.17) is 9.72 Å². The van der Waals surface area contributed by atoms with Gasteiger partial charge >= 0.3 is 0 Å². The minimum Gasteiger partial charge on any atom is -0.390 e. The summed E-state index contributed by atoms with van der Waals surface area (Å²) in [6.07, 6.45) is 3.94. The molecule has 194 valence electrons. The van der Waals surface area contributed by atoms with Gasteiger partial charge in [0.1, 0.15) is 5.82 Å². The molecule has 0 radical (unpaired) electrons. The van der Waals surface area contributed by atoms with Crippen molar-refractivity contribution >= 4 is 32.6 Å². The number of nitriles is 2. The van der Waals surface area contributed by atoms with Gasteiger partial charge in [0.25, 0.3) is 0 Å². The molecule has 0 saturated heterocycles. The highest BCUT2D eigenvalue weighted by atomic mass is 16.5. The molecule has 0 aliphatic heterocycles. The van der Waals surface area contributed by atoms with Gasteiger partial charge in [-0.15, -0.1) is 0 Å². The summed E-state index contributed by atoms with van der Waals surface area (Å²) in [7, 11) is 0. The lowest BCUT2D eigenvalue weighted by Crippen LogP contribution is -2.19. The molecule has 0 spiro atoms. The first-order valence-electron chi connectivity index (χ1n) is 13.5. The van der Waals surface area contributed by atoms with E-state index in [2.05, 4.69) is 53.5 Å². The number of nitrogens with zero attached hydrogens (tertiary/aromatic N) is 3. The number of benzene rings is 4. The Morgan fingerprint density at radius 1 is 0.949 bits per heavy atom. The quantitative estimate of drug-likeness (QED) is 0.219. The molecular weight excluding hydrogens is 484 g/mol. The summed E-state index contributed by atoms with van der Waals surface area (Å²) < 4.78 is 6.00. The van der Waals surface area contributed by atoms with Gasteiger partial charge in [-0.2, -0.15) is 10.5 Å². The van der Waals surface area contributed by atoms with Crippen molar-refractivity contribution in [3.63, 3.8) is 0 Å². The van der Waals surface area contributed by atoms with Crippen LogP contribution in [-0.4, -0.2) is 27.3 Å². The summed E-state index contributed by atoms with van der Waals surface area (Å²) in [5.41, 5.74) is 4.54. The number of ether oxygens (including phenoxy) is 1. The van der Waals surface area contributed by atoms with E-state index < -0.39 is 5.60 Å². The smallest absolute Gasteiger partial charge is 0.141 e. The molecule has 4 aromatic carbocycles. The maximum atomic E-state index is 10.3. The number of aromatic amines is 1. The van der Waals surface area contributed by atoms with Crippen LogP contribution in [0.2, 0.25) is 0 Å². The van der Waals surface area contributed by atoms with Gasteiger partial charge in [0.15, 0.2) is 0 Å². The number of fused-ring (bicyclic) bond motifs is 6. The van der Waals surface area contributed by atoms with E-state index in [9.17, 15) is 15.6 Å². The Morgan fingerprint density at radius 2 is 1.62 bits per heavy atom. The Balaban J connectivity index is 1.55. The molecule has 1 fully saturated rings. The molecule has 1 heterocycles. The maximum Gasteiger partial charge on any atom is 0.141 e. The van der Waals surface area contributed by atoms with Crippen LogP contribution in [0.3, 0.4) is 0 Å². The lowest BCUT2D eigenvalue weighted by Gasteiger charge is -2.17. The highest BCUT2D eigenvalue weighted by Crippen LogP contribution is 2.38. The van der Waals surface area contributed by atoms with E-state index in [1.807, 2.05) is 13.8 Å². The Hall–Kier alpha value is -4.23. The van der Waals surface area contributed by atoms with Crippen LogP contribution in [0.4, 0.5) is 0 Å². The van der Waals surface area contributed by atoms with E-state index in [0.717, 1.165) is 56.7 Å². The zero-order chi connectivity index (χ0) is 27.1. The van der Waals surface area contributed by atoms with Crippen molar-refractivity contribution in [1.82, 2.24) is 9.97 Å². The first kappa shape index (κ1) is 25.1. The third kappa shape index (κ3) is 4.98. The Bertz CT molecular complexity index is 1780. The number of imidazole rings is 1. The van der Waals surface area contributed by atoms with Crippen molar-refractivity contribution in [2.24, 2.45) is 5.92 Å². The standard InChI is InChI=1S/C33H30N4O2/c1-33(2,38)13-12-20-8-10-25-27(14-20)28-15-22(19-39-18-21-6-7-21)9-11-26(28)31-30(25)36-32(37-31)29-23(16-34)4-3-5-24(29)17-35/h3-5,8-11,14-15,21,38H,6-7,12-13,18-19H2,1-2H3,(H,36,37). The van der Waals surface area contributed by atoms with Gasteiger partial charge in [-0.3, -0.25) is 0 Å². The van der Waals surface area contributed by atoms with Crippen molar-refractivity contribution in [3.8, 4) is 23.5 Å². The molecule has 0 amide bonds. The van der Waals surface area contributed by atoms with E-state index in [-0.39, 0.29) is 0 Å². The fourth-order valence-electron chi connectivity index (χ4n) is 5.25. The van der Waals surface area contributed by atoms with E-state index in [0.29, 0.717) is 41.5 Å². The lowest BCUT2D eigenvalue weighted by atomic mass is 9.94. The summed E-state index contributed by atoms with van der Waals surface area (Å²) in [6.45, 7) is 5.05. The SMILES string of the molecule is CC(C)(O)CCc1ccc2c(c1)c1cc(COCC3CC3)ccc1c1[nH]c(-c3c(C#N)cccc3C#N)nc21. The van der Waals surface area contributed by atoms with Crippen molar-refractivity contribution in [2.45, 2.75) is 51.7 Å². The molecule has 0 unspecified atom stereocenters. The minimum absolute atomic E-state index is 0.408. The topological polar surface area (TPSA) is 106 Å². The van der Waals surface area contributed by atoms with Crippen LogP contribution in [-0.2, 0) is 17.8 Å². The van der Waals surface area contributed by atoms with Gasteiger partial charge in [0.2, 0.25) is 0 Å². The molecule has 5 aromatic rings. The van der Waals surface area contributed by atoms with Gasteiger partial charge in [0.05, 0.1) is 52.1 Å². The molecule has 6 rings (SSSR count). The van der Waals surface area contributed by atoms with Crippen molar-refractivity contribution in [3.05, 3.63) is 76.9 Å². The molecule has 2 N–H and O–H groups in total. The number of aromatic nitrogens is 2. The molecule has 1 saturated carbocycles. The second kappa shape index (κ2) is 9.82. The molecule has 1 aliphatic carbocycles. The molecule has 39 heavy (non-hydrogen) atoms. The molecule has 0 bridgehead atoms. The zero-order valence-corrected chi connectivity index (χ0v) is 22.2. The fraction of sp³-hybridized carbons (Fsp3) is 0.303. The van der Waals surface area contributed by atoms with Gasteiger partial charge < -0.3 is 14.8 Å². The number of hydrogen-bond acceptors (Lipinski definition) is 5. The number of hydrogen-bond donors (Lipinski definition) is 2. The summed E-state index contributed by atoms with van der Waals surface area (Å²) in [6, 6.07) is 22.4. The zero-order valence-electron chi connectivity index (χ0n) is 22.2. The monoisotopic (exact) mass is 514 g/mol. The van der Waals surface area contributed by atoms with Crippen LogP contribution < -0.4 is 0 Å². The number of aryl methyl sites for hydroxylation is 1. The predicted octanol–water partition coefficient (Wildman–Crippen LogP) is 6.91. The highest BCUT2D eigenvalue weighted by Gasteiger charge is 2.22. The second-order valence-electron chi connectivity index (χ2n) is 11.3. The lowest BCUT2D eigenvalue weighted by molar-refractivity contribution is 0.0714. The summed E-state index contributed by atoms with van der Waals surface area (Å²) in [5, 5.41) is 34.0. The average Bonchev–Trinajstić information content (AvgIpc) is 3.66. The van der Waals surface area contributed by atoms with Gasteiger partial charge in [-0.05, 0) is 85.5 Å². The van der Waals surface area contributed by atoms with E-state index in [1.54, 1.807) is 18.2 Å². The van der Waals surface area contributed by atoms with Gasteiger partial charge in [-0.1, -0.05) is 36.4 Å².